The Morgan fingerprint density at radius 2 is 2.13 bits per heavy atom. The van der Waals surface area contributed by atoms with E-state index in [1.807, 2.05) is 50.8 Å². The molecule has 0 aromatic heterocycles. The predicted octanol–water partition coefficient (Wildman–Crippen LogP) is 3.86. The number of amides is 1. The van der Waals surface area contributed by atoms with Gasteiger partial charge in [-0.05, 0) is 52.5 Å². The molecule has 1 aromatic rings. The van der Waals surface area contributed by atoms with Crippen LogP contribution in [0.2, 0.25) is 0 Å². The Morgan fingerprint density at radius 1 is 1.39 bits per heavy atom. The van der Waals surface area contributed by atoms with Crippen molar-refractivity contribution in [2.75, 3.05) is 13.2 Å². The van der Waals surface area contributed by atoms with Gasteiger partial charge >= 0.3 is 6.09 Å². The molecule has 1 saturated heterocycles. The summed E-state index contributed by atoms with van der Waals surface area (Å²) in [6.07, 6.45) is 2.69. The molecule has 23 heavy (non-hydrogen) atoms. The summed E-state index contributed by atoms with van der Waals surface area (Å²) < 4.78 is 5.57. The van der Waals surface area contributed by atoms with E-state index in [4.69, 9.17) is 4.74 Å². The van der Waals surface area contributed by atoms with E-state index < -0.39 is 5.60 Å². The number of rotatable bonds is 3. The average molecular weight is 319 g/mol. The van der Waals surface area contributed by atoms with Crippen LogP contribution in [-0.2, 0) is 4.74 Å². The summed E-state index contributed by atoms with van der Waals surface area (Å²) in [7, 11) is 0. The van der Waals surface area contributed by atoms with Crippen molar-refractivity contribution in [1.82, 2.24) is 4.90 Å². The third-order valence-corrected chi connectivity index (χ3v) is 4.31. The third-order valence-electron chi connectivity index (χ3n) is 4.31. The maximum Gasteiger partial charge on any atom is 0.410 e. The monoisotopic (exact) mass is 319 g/mol. The molecule has 0 spiro atoms. The molecule has 0 aliphatic carbocycles. The summed E-state index contributed by atoms with van der Waals surface area (Å²) in [5.41, 5.74) is 1.76. The Balaban J connectivity index is 2.23. The highest BCUT2D eigenvalue weighted by Crippen LogP contribution is 2.31. The van der Waals surface area contributed by atoms with Gasteiger partial charge in [-0.1, -0.05) is 29.8 Å². The number of hydrogen-bond acceptors (Lipinski definition) is 3. The molecular weight excluding hydrogens is 290 g/mol. The van der Waals surface area contributed by atoms with Crippen LogP contribution in [-0.4, -0.2) is 40.9 Å². The van der Waals surface area contributed by atoms with Gasteiger partial charge < -0.3 is 14.7 Å². The molecule has 1 amide bonds. The van der Waals surface area contributed by atoms with Crippen molar-refractivity contribution in [3.63, 3.8) is 0 Å². The normalized spacial score (nSPS) is 20.2. The maximum absolute atomic E-state index is 12.6. The Labute approximate surface area is 139 Å². The number of nitrogens with zero attached hydrogens (tertiary/aromatic N) is 1. The van der Waals surface area contributed by atoms with Crippen molar-refractivity contribution in [2.24, 2.45) is 0 Å². The van der Waals surface area contributed by atoms with Gasteiger partial charge in [-0.25, -0.2) is 4.79 Å². The minimum absolute atomic E-state index is 0.00889. The quantitative estimate of drug-likeness (QED) is 0.920. The van der Waals surface area contributed by atoms with Crippen molar-refractivity contribution >= 4 is 6.09 Å². The number of aryl methyl sites for hydroxylation is 1. The van der Waals surface area contributed by atoms with E-state index in [2.05, 4.69) is 6.07 Å². The van der Waals surface area contributed by atoms with Crippen LogP contribution in [0.5, 0.6) is 0 Å². The lowest BCUT2D eigenvalue weighted by Crippen LogP contribution is -2.49. The van der Waals surface area contributed by atoms with Gasteiger partial charge in [0.1, 0.15) is 5.60 Å². The van der Waals surface area contributed by atoms with Gasteiger partial charge in [0, 0.05) is 18.5 Å². The zero-order valence-electron chi connectivity index (χ0n) is 14.7. The zero-order chi connectivity index (χ0) is 17.0. The SMILES string of the molecule is Cc1cccc(C(CO)[C@@H]2CCCCN2C(=O)OC(C)(C)C)c1. The molecule has 2 rings (SSSR count). The van der Waals surface area contributed by atoms with Crippen molar-refractivity contribution < 1.29 is 14.6 Å². The van der Waals surface area contributed by atoms with Gasteiger partial charge in [0.15, 0.2) is 0 Å². The first-order valence-corrected chi connectivity index (χ1v) is 8.49. The van der Waals surface area contributed by atoms with Gasteiger partial charge in [0.25, 0.3) is 0 Å². The van der Waals surface area contributed by atoms with E-state index in [9.17, 15) is 9.90 Å². The third kappa shape index (κ3) is 4.71. The molecule has 1 fully saturated rings. The highest BCUT2D eigenvalue weighted by Gasteiger charge is 2.35. The fourth-order valence-electron chi connectivity index (χ4n) is 3.27. The van der Waals surface area contributed by atoms with Crippen LogP contribution in [0.25, 0.3) is 0 Å². The summed E-state index contributed by atoms with van der Waals surface area (Å²) in [5, 5.41) is 9.98. The van der Waals surface area contributed by atoms with E-state index >= 15 is 0 Å². The van der Waals surface area contributed by atoms with Crippen LogP contribution in [0.3, 0.4) is 0 Å². The molecule has 0 radical (unpaired) electrons. The van der Waals surface area contributed by atoms with E-state index in [1.165, 1.54) is 5.56 Å². The molecule has 1 heterocycles. The lowest BCUT2D eigenvalue weighted by Gasteiger charge is -2.40. The molecule has 4 heteroatoms. The van der Waals surface area contributed by atoms with Crippen LogP contribution in [0.1, 0.15) is 57.1 Å². The van der Waals surface area contributed by atoms with Gasteiger partial charge in [-0.3, -0.25) is 0 Å². The Kier molecular flexibility index (Phi) is 5.69. The Morgan fingerprint density at radius 3 is 2.74 bits per heavy atom. The molecule has 1 aliphatic heterocycles. The minimum Gasteiger partial charge on any atom is -0.444 e. The second-order valence-electron chi connectivity index (χ2n) is 7.44. The van der Waals surface area contributed by atoms with E-state index in [-0.39, 0.29) is 24.7 Å². The average Bonchev–Trinajstić information content (AvgIpc) is 2.47. The summed E-state index contributed by atoms with van der Waals surface area (Å²) in [6, 6.07) is 8.18. The van der Waals surface area contributed by atoms with Crippen molar-refractivity contribution in [2.45, 2.75) is 64.5 Å². The first-order chi connectivity index (χ1) is 10.8. The molecule has 1 aliphatic rings. The van der Waals surface area contributed by atoms with Gasteiger partial charge in [-0.2, -0.15) is 0 Å². The predicted molar refractivity (Wildman–Crippen MR) is 91.6 cm³/mol. The second-order valence-corrected chi connectivity index (χ2v) is 7.44. The molecule has 1 N–H and O–H groups in total. The molecule has 128 valence electrons. The Hall–Kier alpha value is -1.55. The maximum atomic E-state index is 12.6. The van der Waals surface area contributed by atoms with E-state index in [0.29, 0.717) is 6.54 Å². The van der Waals surface area contributed by atoms with Crippen LogP contribution in [0.4, 0.5) is 4.79 Å². The molecule has 1 aromatic carbocycles. The lowest BCUT2D eigenvalue weighted by atomic mass is 9.85. The molecular formula is C19H29NO3. The van der Waals surface area contributed by atoms with Crippen LogP contribution >= 0.6 is 0 Å². The summed E-state index contributed by atoms with van der Waals surface area (Å²) in [5.74, 6) is -0.0669. The first-order valence-electron chi connectivity index (χ1n) is 8.49. The van der Waals surface area contributed by atoms with Crippen LogP contribution < -0.4 is 0 Å². The number of piperidine rings is 1. The number of aliphatic hydroxyl groups excluding tert-OH is 1. The summed E-state index contributed by atoms with van der Waals surface area (Å²) in [6.45, 7) is 8.43. The number of hydrogen-bond donors (Lipinski definition) is 1. The molecule has 0 saturated carbocycles. The van der Waals surface area contributed by atoms with Crippen molar-refractivity contribution in [1.29, 1.82) is 0 Å². The zero-order valence-corrected chi connectivity index (χ0v) is 14.7. The molecule has 0 bridgehead atoms. The molecule has 4 nitrogen and oxygen atoms in total. The van der Waals surface area contributed by atoms with Crippen molar-refractivity contribution in [3.8, 4) is 0 Å². The summed E-state index contributed by atoms with van der Waals surface area (Å²) in [4.78, 5) is 14.4. The number of likely N-dealkylation sites (tertiary alicyclic amines) is 1. The number of benzene rings is 1. The van der Waals surface area contributed by atoms with Crippen LogP contribution in [0.15, 0.2) is 24.3 Å². The lowest BCUT2D eigenvalue weighted by molar-refractivity contribution is 0.00347. The van der Waals surface area contributed by atoms with Gasteiger partial charge in [0.2, 0.25) is 0 Å². The highest BCUT2D eigenvalue weighted by atomic mass is 16.6. The standard InChI is InChI=1S/C19H29NO3/c1-14-8-7-9-15(12-14)16(13-21)17-10-5-6-11-20(17)18(22)23-19(2,3)4/h7-9,12,16-17,21H,5-6,10-11,13H2,1-4H3/t16?,17-/m0/s1. The fraction of sp³-hybridized carbons (Fsp3) is 0.632. The topological polar surface area (TPSA) is 49.8 Å². The number of carbonyl (C=O) groups is 1. The smallest absolute Gasteiger partial charge is 0.410 e. The van der Waals surface area contributed by atoms with Crippen molar-refractivity contribution in [3.05, 3.63) is 35.4 Å². The number of carbonyl (C=O) groups excluding carboxylic acids is 1. The number of aliphatic hydroxyl groups is 1. The summed E-state index contributed by atoms with van der Waals surface area (Å²) >= 11 is 0. The van der Waals surface area contributed by atoms with E-state index in [0.717, 1.165) is 24.8 Å². The fourth-order valence-corrected chi connectivity index (χ4v) is 3.27. The Bertz CT molecular complexity index is 536. The van der Waals surface area contributed by atoms with Crippen LogP contribution in [0, 0.1) is 6.92 Å². The molecule has 1 unspecified atom stereocenters. The van der Waals surface area contributed by atoms with Gasteiger partial charge in [-0.15, -0.1) is 0 Å². The van der Waals surface area contributed by atoms with E-state index in [1.54, 1.807) is 0 Å². The van der Waals surface area contributed by atoms with Gasteiger partial charge in [0.05, 0.1) is 6.61 Å². The largest absolute Gasteiger partial charge is 0.444 e. The molecule has 2 atom stereocenters. The first kappa shape index (κ1) is 17.8. The minimum atomic E-state index is -0.503. The highest BCUT2D eigenvalue weighted by molar-refractivity contribution is 5.69. The second kappa shape index (κ2) is 7.35. The number of ether oxygens (including phenoxy) is 1.